The number of nitrogens with zero attached hydrogens (tertiary/aromatic N) is 3. The van der Waals surface area contributed by atoms with Crippen molar-refractivity contribution < 1.29 is 28.7 Å². The molecular formula is C41H48N6O6. The molecule has 12 heteroatoms. The standard InChI is InChI=1S/C41H48N6O6/c1-40(2,3)53-39(51)45-41(4,5)38(50)43-33(27-52-26-29-15-9-6-10-16-29)36(48)44-34-25-47(28-42-34)35(32-19-13-8-14-20-32)37(49)46-23-21-31(22-24-46)30-17-11-7-12-18-30/h6-21,25,28,33,35H,22-24,26-27H2,1-5H3,(H,43,50)(H,44,48)(H,45,51). The molecule has 12 nitrogen and oxygen atoms in total. The number of hydrogen-bond donors (Lipinski definition) is 3. The molecule has 2 unspecified atom stereocenters. The van der Waals surface area contributed by atoms with E-state index in [1.807, 2.05) is 83.8 Å². The molecule has 53 heavy (non-hydrogen) atoms. The first-order valence-corrected chi connectivity index (χ1v) is 17.7. The highest BCUT2D eigenvalue weighted by molar-refractivity contribution is 5.98. The van der Waals surface area contributed by atoms with Gasteiger partial charge in [0.1, 0.15) is 23.2 Å². The summed E-state index contributed by atoms with van der Waals surface area (Å²) in [5, 5.41) is 8.06. The Kier molecular flexibility index (Phi) is 12.5. The van der Waals surface area contributed by atoms with Gasteiger partial charge in [-0.2, -0.15) is 0 Å². The zero-order valence-electron chi connectivity index (χ0n) is 30.9. The normalized spacial score (nSPS) is 14.4. The van der Waals surface area contributed by atoms with Crippen molar-refractivity contribution in [2.45, 2.75) is 70.9 Å². The van der Waals surface area contributed by atoms with Crippen LogP contribution >= 0.6 is 0 Å². The van der Waals surface area contributed by atoms with Crippen LogP contribution in [0.1, 0.15) is 63.8 Å². The molecule has 278 valence electrons. The van der Waals surface area contributed by atoms with E-state index in [1.54, 1.807) is 31.5 Å². The number of imidazole rings is 1. The van der Waals surface area contributed by atoms with E-state index in [1.165, 1.54) is 25.7 Å². The number of hydrogen-bond acceptors (Lipinski definition) is 7. The minimum atomic E-state index is -1.43. The smallest absolute Gasteiger partial charge is 0.408 e. The van der Waals surface area contributed by atoms with Crippen molar-refractivity contribution in [3.63, 3.8) is 0 Å². The molecule has 0 bridgehead atoms. The summed E-state index contributed by atoms with van der Waals surface area (Å²) in [7, 11) is 0. The molecule has 0 spiro atoms. The van der Waals surface area contributed by atoms with Gasteiger partial charge in [0, 0.05) is 19.3 Å². The predicted molar refractivity (Wildman–Crippen MR) is 203 cm³/mol. The second-order valence-electron chi connectivity index (χ2n) is 14.4. The van der Waals surface area contributed by atoms with E-state index >= 15 is 0 Å². The molecule has 4 aromatic rings. The van der Waals surface area contributed by atoms with E-state index < -0.39 is 41.1 Å². The van der Waals surface area contributed by atoms with Crippen molar-refractivity contribution in [3.8, 4) is 0 Å². The molecule has 1 aliphatic rings. The van der Waals surface area contributed by atoms with Gasteiger partial charge in [0.05, 0.1) is 19.5 Å². The van der Waals surface area contributed by atoms with E-state index in [4.69, 9.17) is 9.47 Å². The number of aromatic nitrogens is 2. The van der Waals surface area contributed by atoms with Gasteiger partial charge in [-0.25, -0.2) is 9.78 Å². The lowest BCUT2D eigenvalue weighted by Crippen LogP contribution is -2.59. The SMILES string of the molecule is CC(C)(C)OC(=O)NC(C)(C)C(=O)NC(COCc1ccccc1)C(=O)Nc1cn(C(C(=O)N2CC=C(c3ccccc3)CC2)c2ccccc2)cn1. The lowest BCUT2D eigenvalue weighted by atomic mass is 9.98. The van der Waals surface area contributed by atoms with Gasteiger partial charge < -0.3 is 34.9 Å². The van der Waals surface area contributed by atoms with Gasteiger partial charge in [-0.1, -0.05) is 97.1 Å². The number of anilines is 1. The van der Waals surface area contributed by atoms with E-state index in [-0.39, 0.29) is 24.9 Å². The molecule has 3 aromatic carbocycles. The fraction of sp³-hybridized carbons (Fsp3) is 0.341. The highest BCUT2D eigenvalue weighted by Crippen LogP contribution is 2.27. The average Bonchev–Trinajstić information content (AvgIpc) is 3.59. The van der Waals surface area contributed by atoms with Crippen LogP contribution in [0, 0.1) is 0 Å². The first-order chi connectivity index (χ1) is 25.3. The Morgan fingerprint density at radius 3 is 2.13 bits per heavy atom. The summed E-state index contributed by atoms with van der Waals surface area (Å²) >= 11 is 0. The van der Waals surface area contributed by atoms with Crippen molar-refractivity contribution in [1.82, 2.24) is 25.1 Å². The maximum absolute atomic E-state index is 14.1. The third-order valence-corrected chi connectivity index (χ3v) is 8.56. The number of carbonyl (C=O) groups is 4. The van der Waals surface area contributed by atoms with Gasteiger partial charge in [0.15, 0.2) is 5.82 Å². The van der Waals surface area contributed by atoms with Crippen LogP contribution in [0.4, 0.5) is 10.6 Å². The number of alkyl carbamates (subject to hydrolysis) is 1. The van der Waals surface area contributed by atoms with Crippen molar-refractivity contribution in [2.75, 3.05) is 25.0 Å². The van der Waals surface area contributed by atoms with E-state index in [0.717, 1.165) is 23.1 Å². The quantitative estimate of drug-likeness (QED) is 0.160. The predicted octanol–water partition coefficient (Wildman–Crippen LogP) is 5.73. The maximum atomic E-state index is 14.1. The molecular weight excluding hydrogens is 672 g/mol. The van der Waals surface area contributed by atoms with E-state index in [0.29, 0.717) is 13.1 Å². The summed E-state index contributed by atoms with van der Waals surface area (Å²) in [6.45, 7) is 9.23. The molecule has 0 aliphatic carbocycles. The van der Waals surface area contributed by atoms with Crippen LogP contribution in [0.2, 0.25) is 0 Å². The Bertz CT molecular complexity index is 1890. The monoisotopic (exact) mass is 720 g/mol. The van der Waals surface area contributed by atoms with Crippen LogP contribution in [0.3, 0.4) is 0 Å². The summed E-state index contributed by atoms with van der Waals surface area (Å²) in [5.74, 6) is -1.14. The minimum absolute atomic E-state index is 0.103. The Morgan fingerprint density at radius 1 is 0.868 bits per heavy atom. The highest BCUT2D eigenvalue weighted by atomic mass is 16.6. The maximum Gasteiger partial charge on any atom is 0.408 e. The zero-order valence-corrected chi connectivity index (χ0v) is 30.9. The molecule has 1 aromatic heterocycles. The summed E-state index contributed by atoms with van der Waals surface area (Å²) in [5.41, 5.74) is 1.81. The summed E-state index contributed by atoms with van der Waals surface area (Å²) < 4.78 is 12.9. The second-order valence-corrected chi connectivity index (χ2v) is 14.4. The third kappa shape index (κ3) is 10.9. The number of rotatable bonds is 13. The lowest BCUT2D eigenvalue weighted by Gasteiger charge is -2.31. The van der Waals surface area contributed by atoms with Crippen LogP contribution in [0.15, 0.2) is 110 Å². The molecule has 2 atom stereocenters. The summed E-state index contributed by atoms with van der Waals surface area (Å²) in [6.07, 6.45) is 5.15. The lowest BCUT2D eigenvalue weighted by molar-refractivity contribution is -0.133. The molecule has 0 saturated carbocycles. The summed E-state index contributed by atoms with van der Waals surface area (Å²) in [4.78, 5) is 60.1. The van der Waals surface area contributed by atoms with Gasteiger partial charge in [-0.15, -0.1) is 0 Å². The van der Waals surface area contributed by atoms with Gasteiger partial charge >= 0.3 is 6.09 Å². The number of ether oxygens (including phenoxy) is 2. The Hall–Kier alpha value is -5.75. The van der Waals surface area contributed by atoms with Gasteiger partial charge in [0.2, 0.25) is 5.91 Å². The molecule has 1 aliphatic heterocycles. The van der Waals surface area contributed by atoms with Crippen LogP contribution in [-0.4, -0.2) is 75.1 Å². The first-order valence-electron chi connectivity index (χ1n) is 17.7. The van der Waals surface area contributed by atoms with E-state index in [2.05, 4.69) is 39.1 Å². The molecule has 2 heterocycles. The fourth-order valence-corrected chi connectivity index (χ4v) is 5.80. The van der Waals surface area contributed by atoms with Gasteiger partial charge in [-0.05, 0) is 63.3 Å². The van der Waals surface area contributed by atoms with Crippen molar-refractivity contribution in [3.05, 3.63) is 126 Å². The van der Waals surface area contributed by atoms with Gasteiger partial charge in [0.25, 0.3) is 11.8 Å². The molecule has 3 N–H and O–H groups in total. The number of carbonyl (C=O) groups excluding carboxylic acids is 4. The average molecular weight is 721 g/mol. The number of amides is 4. The van der Waals surface area contributed by atoms with E-state index in [9.17, 15) is 19.2 Å². The van der Waals surface area contributed by atoms with Crippen LogP contribution in [-0.2, 0) is 30.5 Å². The molecule has 0 saturated heterocycles. The fourth-order valence-electron chi connectivity index (χ4n) is 5.80. The largest absolute Gasteiger partial charge is 0.444 e. The molecule has 0 radical (unpaired) electrons. The van der Waals surface area contributed by atoms with Crippen LogP contribution in [0.5, 0.6) is 0 Å². The second kappa shape index (κ2) is 17.2. The molecule has 5 rings (SSSR count). The highest BCUT2D eigenvalue weighted by Gasteiger charge is 2.35. The van der Waals surface area contributed by atoms with Crippen molar-refractivity contribution in [1.29, 1.82) is 0 Å². The molecule has 4 amide bonds. The number of nitrogens with one attached hydrogen (secondary N) is 3. The summed E-state index contributed by atoms with van der Waals surface area (Å²) in [6, 6.07) is 27.1. The Balaban J connectivity index is 1.31. The van der Waals surface area contributed by atoms with Gasteiger partial charge in [-0.3, -0.25) is 14.4 Å². The third-order valence-electron chi connectivity index (χ3n) is 8.56. The van der Waals surface area contributed by atoms with Crippen molar-refractivity contribution >= 4 is 35.2 Å². The topological polar surface area (TPSA) is 144 Å². The molecule has 0 fully saturated rings. The first kappa shape index (κ1) is 38.5. The van der Waals surface area contributed by atoms with Crippen molar-refractivity contribution in [2.24, 2.45) is 0 Å². The Labute approximate surface area is 310 Å². The van der Waals surface area contributed by atoms with Crippen LogP contribution in [0.25, 0.3) is 5.57 Å². The number of benzene rings is 3. The minimum Gasteiger partial charge on any atom is -0.444 e. The van der Waals surface area contributed by atoms with Crippen LogP contribution < -0.4 is 16.0 Å². The Morgan fingerprint density at radius 2 is 1.51 bits per heavy atom. The zero-order chi connectivity index (χ0) is 38.0.